The van der Waals surface area contributed by atoms with Crippen LogP contribution in [0.15, 0.2) is 0 Å². The third-order valence-electron chi connectivity index (χ3n) is 3.10. The maximum atomic E-state index is 12.0. The van der Waals surface area contributed by atoms with Crippen LogP contribution in [0.4, 0.5) is 0 Å². The number of nitrogens with zero attached hydrogens (tertiary/aromatic N) is 2. The number of hydrogen-bond acceptors (Lipinski definition) is 3. The monoisotopic (exact) mass is 213 g/mol. The van der Waals surface area contributed by atoms with Gasteiger partial charge < -0.3 is 15.1 Å². The van der Waals surface area contributed by atoms with E-state index in [9.17, 15) is 4.79 Å². The van der Waals surface area contributed by atoms with Crippen molar-refractivity contribution in [3.63, 3.8) is 0 Å². The molecular weight excluding hydrogens is 190 g/mol. The number of amides is 1. The maximum absolute atomic E-state index is 12.0. The Hall–Kier alpha value is -0.610. The van der Waals surface area contributed by atoms with Crippen LogP contribution >= 0.6 is 0 Å². The molecular formula is C11H23N3O. The van der Waals surface area contributed by atoms with Gasteiger partial charge in [-0.3, -0.25) is 4.79 Å². The van der Waals surface area contributed by atoms with Crippen molar-refractivity contribution in [3.05, 3.63) is 0 Å². The summed E-state index contributed by atoms with van der Waals surface area (Å²) in [6.45, 7) is 4.81. The Morgan fingerprint density at radius 3 is 2.47 bits per heavy atom. The molecule has 1 fully saturated rings. The van der Waals surface area contributed by atoms with E-state index in [1.165, 1.54) is 0 Å². The largest absolute Gasteiger partial charge is 0.344 e. The normalized spacial score (nSPS) is 25.9. The minimum atomic E-state index is 0.178. The molecule has 15 heavy (non-hydrogen) atoms. The number of carbonyl (C=O) groups is 1. The van der Waals surface area contributed by atoms with Crippen LogP contribution in [0.2, 0.25) is 0 Å². The van der Waals surface area contributed by atoms with Crippen LogP contribution in [0.5, 0.6) is 0 Å². The zero-order valence-corrected chi connectivity index (χ0v) is 10.3. The van der Waals surface area contributed by atoms with E-state index in [-0.39, 0.29) is 11.8 Å². The molecule has 1 amide bonds. The Bertz CT molecular complexity index is 218. The van der Waals surface area contributed by atoms with Gasteiger partial charge in [-0.15, -0.1) is 0 Å². The van der Waals surface area contributed by atoms with Crippen LogP contribution in [0, 0.1) is 5.92 Å². The lowest BCUT2D eigenvalue weighted by Gasteiger charge is -2.24. The fourth-order valence-electron chi connectivity index (χ4n) is 1.94. The van der Waals surface area contributed by atoms with Gasteiger partial charge in [-0.25, -0.2) is 0 Å². The summed E-state index contributed by atoms with van der Waals surface area (Å²) in [6.07, 6.45) is 0.978. The van der Waals surface area contributed by atoms with Gasteiger partial charge >= 0.3 is 0 Å². The van der Waals surface area contributed by atoms with Crippen molar-refractivity contribution in [2.24, 2.45) is 5.92 Å². The summed E-state index contributed by atoms with van der Waals surface area (Å²) in [5, 5.41) is 3.31. The molecule has 1 aliphatic heterocycles. The molecule has 0 saturated carbocycles. The highest BCUT2D eigenvalue weighted by Crippen LogP contribution is 2.17. The van der Waals surface area contributed by atoms with Gasteiger partial charge in [0.2, 0.25) is 5.91 Å². The van der Waals surface area contributed by atoms with E-state index in [0.717, 1.165) is 26.1 Å². The van der Waals surface area contributed by atoms with Gasteiger partial charge in [0.15, 0.2) is 0 Å². The highest BCUT2D eigenvalue weighted by atomic mass is 16.2. The van der Waals surface area contributed by atoms with Crippen LogP contribution in [0.3, 0.4) is 0 Å². The highest BCUT2D eigenvalue weighted by Gasteiger charge is 2.31. The van der Waals surface area contributed by atoms with Crippen molar-refractivity contribution in [1.29, 1.82) is 0 Å². The summed E-state index contributed by atoms with van der Waals surface area (Å²) in [7, 11) is 5.95. The third kappa shape index (κ3) is 3.47. The lowest BCUT2D eigenvalue weighted by molar-refractivity contribution is -0.134. The van der Waals surface area contributed by atoms with E-state index in [1.54, 1.807) is 0 Å². The Balaban J connectivity index is 2.38. The smallest absolute Gasteiger partial charge is 0.227 e. The molecule has 88 valence electrons. The van der Waals surface area contributed by atoms with E-state index in [1.807, 2.05) is 26.0 Å². The third-order valence-corrected chi connectivity index (χ3v) is 3.10. The molecule has 2 atom stereocenters. The first-order valence-corrected chi connectivity index (χ1v) is 5.65. The zero-order valence-electron chi connectivity index (χ0n) is 10.3. The molecule has 1 heterocycles. The van der Waals surface area contributed by atoms with Gasteiger partial charge in [-0.05, 0) is 34.0 Å². The average molecular weight is 213 g/mol. The van der Waals surface area contributed by atoms with Gasteiger partial charge in [0.25, 0.3) is 0 Å². The fourth-order valence-corrected chi connectivity index (χ4v) is 1.94. The standard InChI is InChI=1S/C11H23N3O/c1-9-10(5-6-12-9)11(15)14(4)8-7-13(2)3/h9-10,12H,5-8H2,1-4H3. The number of carbonyl (C=O) groups excluding carboxylic acids is 1. The minimum Gasteiger partial charge on any atom is -0.344 e. The van der Waals surface area contributed by atoms with Crippen molar-refractivity contribution in [1.82, 2.24) is 15.1 Å². The van der Waals surface area contributed by atoms with Gasteiger partial charge in [0.05, 0.1) is 5.92 Å². The number of nitrogens with one attached hydrogen (secondary N) is 1. The summed E-state index contributed by atoms with van der Waals surface area (Å²) in [5.74, 6) is 0.464. The molecule has 0 aromatic heterocycles. The molecule has 4 nitrogen and oxygen atoms in total. The second-order valence-electron chi connectivity index (χ2n) is 4.70. The molecule has 0 aromatic carbocycles. The van der Waals surface area contributed by atoms with Crippen molar-refractivity contribution < 1.29 is 4.79 Å². The molecule has 2 unspecified atom stereocenters. The Kier molecular flexibility index (Phi) is 4.54. The summed E-state index contributed by atoms with van der Waals surface area (Å²) >= 11 is 0. The van der Waals surface area contributed by atoms with E-state index in [4.69, 9.17) is 0 Å². The summed E-state index contributed by atoms with van der Waals surface area (Å²) < 4.78 is 0. The van der Waals surface area contributed by atoms with Gasteiger partial charge in [0.1, 0.15) is 0 Å². The van der Waals surface area contributed by atoms with E-state index in [0.29, 0.717) is 6.04 Å². The average Bonchev–Trinajstić information content (AvgIpc) is 2.59. The fraction of sp³-hybridized carbons (Fsp3) is 0.909. The number of rotatable bonds is 4. The molecule has 0 aliphatic carbocycles. The van der Waals surface area contributed by atoms with E-state index in [2.05, 4.69) is 17.1 Å². The molecule has 1 rings (SSSR count). The van der Waals surface area contributed by atoms with Crippen LogP contribution in [0.25, 0.3) is 0 Å². The zero-order chi connectivity index (χ0) is 11.4. The van der Waals surface area contributed by atoms with E-state index < -0.39 is 0 Å². The molecule has 0 radical (unpaired) electrons. The van der Waals surface area contributed by atoms with Crippen LogP contribution in [-0.4, -0.2) is 62.5 Å². The summed E-state index contributed by atoms with van der Waals surface area (Å²) in [6, 6.07) is 0.333. The van der Waals surface area contributed by atoms with Crippen molar-refractivity contribution in [2.45, 2.75) is 19.4 Å². The molecule has 0 aromatic rings. The molecule has 1 saturated heterocycles. The predicted molar refractivity (Wildman–Crippen MR) is 61.8 cm³/mol. The highest BCUT2D eigenvalue weighted by molar-refractivity contribution is 5.79. The van der Waals surface area contributed by atoms with Crippen LogP contribution in [-0.2, 0) is 4.79 Å². The number of likely N-dealkylation sites (N-methyl/N-ethyl adjacent to an activating group) is 2. The second kappa shape index (κ2) is 5.47. The maximum Gasteiger partial charge on any atom is 0.227 e. The van der Waals surface area contributed by atoms with Gasteiger partial charge in [0, 0.05) is 26.2 Å². The first-order valence-electron chi connectivity index (χ1n) is 5.65. The summed E-state index contributed by atoms with van der Waals surface area (Å²) in [5.41, 5.74) is 0. The van der Waals surface area contributed by atoms with Gasteiger partial charge in [-0.2, -0.15) is 0 Å². The Labute approximate surface area is 92.6 Å². The SMILES string of the molecule is CC1NCCC1C(=O)N(C)CCN(C)C. The first kappa shape index (κ1) is 12.5. The first-order chi connectivity index (χ1) is 7.02. The molecule has 0 bridgehead atoms. The van der Waals surface area contributed by atoms with Crippen LogP contribution in [0.1, 0.15) is 13.3 Å². The molecule has 1 aliphatic rings. The predicted octanol–water partition coefficient (Wildman–Crippen LogP) is 0.00440. The topological polar surface area (TPSA) is 35.6 Å². The van der Waals surface area contributed by atoms with Crippen molar-refractivity contribution in [3.8, 4) is 0 Å². The number of hydrogen-bond donors (Lipinski definition) is 1. The molecule has 4 heteroatoms. The Morgan fingerprint density at radius 1 is 1.33 bits per heavy atom. The van der Waals surface area contributed by atoms with Crippen LogP contribution < -0.4 is 5.32 Å². The minimum absolute atomic E-state index is 0.178. The molecule has 1 N–H and O–H groups in total. The Morgan fingerprint density at radius 2 is 2.00 bits per heavy atom. The molecule has 0 spiro atoms. The van der Waals surface area contributed by atoms with E-state index >= 15 is 0 Å². The summed E-state index contributed by atoms with van der Waals surface area (Å²) in [4.78, 5) is 16.0. The van der Waals surface area contributed by atoms with Crippen molar-refractivity contribution >= 4 is 5.91 Å². The lowest BCUT2D eigenvalue weighted by atomic mass is 10.0. The van der Waals surface area contributed by atoms with Crippen molar-refractivity contribution in [2.75, 3.05) is 40.8 Å². The lowest BCUT2D eigenvalue weighted by Crippen LogP contribution is -2.40. The van der Waals surface area contributed by atoms with Gasteiger partial charge in [-0.1, -0.05) is 0 Å². The second-order valence-corrected chi connectivity index (χ2v) is 4.70. The quantitative estimate of drug-likeness (QED) is 0.714.